The van der Waals surface area contributed by atoms with E-state index in [1.807, 2.05) is 66.7 Å². The molecule has 8 nitrogen and oxygen atoms in total. The molecule has 1 unspecified atom stereocenters. The predicted molar refractivity (Wildman–Crippen MR) is 141 cm³/mol. The monoisotopic (exact) mass is 489 g/mol. The number of hydrogen-bond donors (Lipinski definition) is 3. The quantitative estimate of drug-likeness (QED) is 0.350. The maximum absolute atomic E-state index is 12.3. The molecule has 0 radical (unpaired) electrons. The lowest BCUT2D eigenvalue weighted by molar-refractivity contribution is -0.122. The Hall–Kier alpha value is -4.30. The first kappa shape index (κ1) is 26.3. The van der Waals surface area contributed by atoms with Gasteiger partial charge in [-0.05, 0) is 47.4 Å². The summed E-state index contributed by atoms with van der Waals surface area (Å²) in [6.45, 7) is 0.241. The van der Waals surface area contributed by atoms with Crippen LogP contribution in [0.5, 0.6) is 11.5 Å². The summed E-state index contributed by atoms with van der Waals surface area (Å²) in [6, 6.07) is 21.5. The van der Waals surface area contributed by atoms with E-state index in [1.54, 1.807) is 32.4 Å². The molecule has 188 valence electrons. The molecule has 8 heteroatoms. The molecule has 36 heavy (non-hydrogen) atoms. The third kappa shape index (κ3) is 7.61. The Labute approximate surface area is 210 Å². The number of nitrogens with two attached hydrogens (primary N) is 1. The van der Waals surface area contributed by atoms with Crippen LogP contribution in [0.4, 0.5) is 10.5 Å². The van der Waals surface area contributed by atoms with E-state index < -0.39 is 12.1 Å². The molecule has 4 N–H and O–H groups in total. The molecule has 0 fully saturated rings. The van der Waals surface area contributed by atoms with Crippen molar-refractivity contribution in [3.8, 4) is 11.5 Å². The van der Waals surface area contributed by atoms with Crippen molar-refractivity contribution in [3.63, 3.8) is 0 Å². The molecule has 0 saturated carbocycles. The topological polar surface area (TPSA) is 114 Å². The van der Waals surface area contributed by atoms with E-state index >= 15 is 0 Å². The summed E-state index contributed by atoms with van der Waals surface area (Å²) in [5.74, 6) is 1.06. The molecule has 0 saturated heterocycles. The van der Waals surface area contributed by atoms with Crippen molar-refractivity contribution >= 4 is 29.8 Å². The number of nitrogens with one attached hydrogen (secondary N) is 1. The standard InChI is InChI=1S/C28H31N3O5/c1-35-24-16-22(17-25(19-24)36-2)9-8-20-10-12-23(13-11-20)31(28(33)34)15-14-30-27(32)26(29)18-21-6-4-3-5-7-21/h3-13,16-17,19,26H,14-15,18,29H2,1-2H3,(H,30,32)(H,33,34)/b9-8+. The average molecular weight is 490 g/mol. The highest BCUT2D eigenvalue weighted by atomic mass is 16.5. The first-order chi connectivity index (χ1) is 17.4. The number of carboxylic acid groups (broad SMARTS) is 1. The van der Waals surface area contributed by atoms with Crippen molar-refractivity contribution < 1.29 is 24.2 Å². The fraction of sp³-hybridized carbons (Fsp3) is 0.214. The van der Waals surface area contributed by atoms with Gasteiger partial charge in [-0.15, -0.1) is 0 Å². The lowest BCUT2D eigenvalue weighted by Gasteiger charge is -2.20. The van der Waals surface area contributed by atoms with Crippen LogP contribution in [0.2, 0.25) is 0 Å². The molecule has 0 spiro atoms. The summed E-state index contributed by atoms with van der Waals surface area (Å²) in [6.07, 6.45) is 3.14. The number of anilines is 1. The van der Waals surface area contributed by atoms with Crippen molar-refractivity contribution in [1.29, 1.82) is 0 Å². The molecule has 0 aliphatic heterocycles. The van der Waals surface area contributed by atoms with Crippen molar-refractivity contribution in [1.82, 2.24) is 5.32 Å². The molecule has 2 amide bonds. The van der Waals surface area contributed by atoms with Crippen LogP contribution < -0.4 is 25.4 Å². The number of methoxy groups -OCH3 is 2. The normalized spacial score (nSPS) is 11.6. The first-order valence-electron chi connectivity index (χ1n) is 11.5. The second-order valence-corrected chi connectivity index (χ2v) is 8.09. The zero-order valence-corrected chi connectivity index (χ0v) is 20.4. The van der Waals surface area contributed by atoms with Gasteiger partial charge in [0.05, 0.1) is 20.3 Å². The Morgan fingerprint density at radius 3 is 2.14 bits per heavy atom. The third-order valence-corrected chi connectivity index (χ3v) is 5.55. The number of carbonyl (C=O) groups is 2. The Bertz CT molecular complexity index is 1160. The van der Waals surface area contributed by atoms with Crippen molar-refractivity contribution in [2.75, 3.05) is 32.2 Å². The van der Waals surface area contributed by atoms with Gasteiger partial charge in [0.15, 0.2) is 0 Å². The minimum atomic E-state index is -1.11. The number of hydrogen-bond acceptors (Lipinski definition) is 5. The van der Waals surface area contributed by atoms with Gasteiger partial charge in [0.1, 0.15) is 11.5 Å². The Kier molecular flexibility index (Phi) is 9.48. The lowest BCUT2D eigenvalue weighted by Crippen LogP contribution is -2.45. The fourth-order valence-electron chi connectivity index (χ4n) is 3.60. The van der Waals surface area contributed by atoms with E-state index in [9.17, 15) is 14.7 Å². The zero-order chi connectivity index (χ0) is 25.9. The summed E-state index contributed by atoms with van der Waals surface area (Å²) >= 11 is 0. The van der Waals surface area contributed by atoms with Crippen LogP contribution in [-0.2, 0) is 11.2 Å². The molecular weight excluding hydrogens is 458 g/mol. The first-order valence-corrected chi connectivity index (χ1v) is 11.5. The van der Waals surface area contributed by atoms with E-state index in [0.29, 0.717) is 23.6 Å². The molecule has 3 aromatic carbocycles. The number of carbonyl (C=O) groups excluding carboxylic acids is 1. The van der Waals surface area contributed by atoms with Gasteiger partial charge >= 0.3 is 6.09 Å². The van der Waals surface area contributed by atoms with Crippen LogP contribution in [0.1, 0.15) is 16.7 Å². The lowest BCUT2D eigenvalue weighted by atomic mass is 10.1. The summed E-state index contributed by atoms with van der Waals surface area (Å²) in [7, 11) is 3.19. The van der Waals surface area contributed by atoms with Gasteiger partial charge in [0.2, 0.25) is 5.91 Å². The van der Waals surface area contributed by atoms with Crippen LogP contribution in [0.3, 0.4) is 0 Å². The van der Waals surface area contributed by atoms with Crippen LogP contribution in [0, 0.1) is 0 Å². The van der Waals surface area contributed by atoms with Gasteiger partial charge in [-0.25, -0.2) is 4.79 Å². The molecule has 0 aliphatic rings. The van der Waals surface area contributed by atoms with Crippen LogP contribution in [0.25, 0.3) is 12.2 Å². The minimum Gasteiger partial charge on any atom is -0.497 e. The van der Waals surface area contributed by atoms with Gasteiger partial charge in [0.25, 0.3) is 0 Å². The summed E-state index contributed by atoms with van der Waals surface area (Å²) < 4.78 is 10.6. The average Bonchev–Trinajstić information content (AvgIpc) is 2.90. The van der Waals surface area contributed by atoms with Crippen molar-refractivity contribution in [3.05, 3.63) is 89.5 Å². The molecule has 0 aromatic heterocycles. The van der Waals surface area contributed by atoms with Crippen molar-refractivity contribution in [2.45, 2.75) is 12.5 Å². The van der Waals surface area contributed by atoms with E-state index in [4.69, 9.17) is 15.2 Å². The summed E-state index contributed by atoms with van der Waals surface area (Å²) in [5.41, 5.74) is 9.26. The summed E-state index contributed by atoms with van der Waals surface area (Å²) in [4.78, 5) is 25.3. The van der Waals surface area contributed by atoms with Gasteiger partial charge in [-0.1, -0.05) is 54.6 Å². The molecule has 0 bridgehead atoms. The van der Waals surface area contributed by atoms with E-state index in [2.05, 4.69) is 5.32 Å². The molecule has 3 aromatic rings. The Balaban J connectivity index is 1.57. The van der Waals surface area contributed by atoms with Gasteiger partial charge in [-0.3, -0.25) is 9.69 Å². The second-order valence-electron chi connectivity index (χ2n) is 8.09. The maximum Gasteiger partial charge on any atom is 0.411 e. The second kappa shape index (κ2) is 13.0. The van der Waals surface area contributed by atoms with E-state index in [-0.39, 0.29) is 19.0 Å². The van der Waals surface area contributed by atoms with E-state index in [1.165, 1.54) is 4.90 Å². The molecule has 3 rings (SSSR count). The van der Waals surface area contributed by atoms with Gasteiger partial charge in [0, 0.05) is 24.8 Å². The predicted octanol–water partition coefficient (Wildman–Crippen LogP) is 4.04. The Morgan fingerprint density at radius 2 is 1.56 bits per heavy atom. The Morgan fingerprint density at radius 1 is 0.944 bits per heavy atom. The number of ether oxygens (including phenoxy) is 2. The van der Waals surface area contributed by atoms with E-state index in [0.717, 1.165) is 16.7 Å². The van der Waals surface area contributed by atoms with Crippen LogP contribution in [-0.4, -0.2) is 50.5 Å². The highest BCUT2D eigenvalue weighted by Crippen LogP contribution is 2.24. The number of nitrogens with zero attached hydrogens (tertiary/aromatic N) is 1. The fourth-order valence-corrected chi connectivity index (χ4v) is 3.60. The maximum atomic E-state index is 12.3. The molecule has 0 aliphatic carbocycles. The highest BCUT2D eigenvalue weighted by molar-refractivity contribution is 5.87. The molecule has 0 heterocycles. The number of amides is 2. The van der Waals surface area contributed by atoms with Gasteiger partial charge < -0.3 is 25.6 Å². The highest BCUT2D eigenvalue weighted by Gasteiger charge is 2.17. The number of rotatable bonds is 11. The smallest absolute Gasteiger partial charge is 0.411 e. The molecule has 1 atom stereocenters. The largest absolute Gasteiger partial charge is 0.497 e. The van der Waals surface area contributed by atoms with Gasteiger partial charge in [-0.2, -0.15) is 0 Å². The molecular formula is C28H31N3O5. The third-order valence-electron chi connectivity index (χ3n) is 5.55. The summed E-state index contributed by atoms with van der Waals surface area (Å²) in [5, 5.41) is 12.4. The minimum absolute atomic E-state index is 0.0952. The zero-order valence-electron chi connectivity index (χ0n) is 20.4. The van der Waals surface area contributed by atoms with Crippen molar-refractivity contribution in [2.24, 2.45) is 5.73 Å². The number of benzene rings is 3. The van der Waals surface area contributed by atoms with Crippen LogP contribution in [0.15, 0.2) is 72.8 Å². The SMILES string of the molecule is COc1cc(/C=C/c2ccc(N(CCNC(=O)C(N)Cc3ccccc3)C(=O)O)cc2)cc(OC)c1. The van der Waals surface area contributed by atoms with Crippen LogP contribution >= 0.6 is 0 Å².